The van der Waals surface area contributed by atoms with Crippen molar-refractivity contribution in [2.24, 2.45) is 0 Å². The van der Waals surface area contributed by atoms with Gasteiger partial charge in [-0.2, -0.15) is 0 Å². The van der Waals surface area contributed by atoms with Crippen LogP contribution in [0.25, 0.3) is 11.3 Å². The molecule has 0 bridgehead atoms. The van der Waals surface area contributed by atoms with Gasteiger partial charge in [0.05, 0.1) is 11.1 Å². The van der Waals surface area contributed by atoms with Crippen molar-refractivity contribution in [3.63, 3.8) is 0 Å². The van der Waals surface area contributed by atoms with E-state index in [2.05, 4.69) is 10.5 Å². The van der Waals surface area contributed by atoms with Crippen molar-refractivity contribution < 1.29 is 41.5 Å². The average molecular weight is 558 g/mol. The third-order valence-electron chi connectivity index (χ3n) is 5.60. The molecule has 2 aromatic carbocycles. The van der Waals surface area contributed by atoms with Crippen molar-refractivity contribution in [2.45, 2.75) is 31.2 Å². The lowest BCUT2D eigenvalue weighted by Gasteiger charge is -2.30. The number of halogens is 5. The van der Waals surface area contributed by atoms with E-state index >= 15 is 0 Å². The molecule has 0 fully saturated rings. The van der Waals surface area contributed by atoms with Gasteiger partial charge in [-0.3, -0.25) is 10.1 Å². The fourth-order valence-electron chi connectivity index (χ4n) is 3.50. The zero-order chi connectivity index (χ0) is 27.9. The number of hydrogen-bond donors (Lipinski definition) is 2. The van der Waals surface area contributed by atoms with Crippen LogP contribution in [0.1, 0.15) is 18.4 Å². The van der Waals surface area contributed by atoms with Gasteiger partial charge in [0.1, 0.15) is 24.8 Å². The Morgan fingerprint density at radius 3 is 2.66 bits per heavy atom. The fraction of sp³-hybridized carbons (Fsp3) is 0.320. The fourth-order valence-corrected chi connectivity index (χ4v) is 3.72. The SMILES string of the molecule is CN(C(=O)CCc1cccc(F)c1Cl)[C@H](COC(=O)Nc1cc(-c2cccc(F)c2)on1)CC(F)(F)CO. The topological polar surface area (TPSA) is 105 Å². The summed E-state index contributed by atoms with van der Waals surface area (Å²) in [6.07, 6.45) is -2.21. The highest BCUT2D eigenvalue weighted by Gasteiger charge is 2.35. The maximum Gasteiger partial charge on any atom is 0.412 e. The van der Waals surface area contributed by atoms with Crippen LogP contribution < -0.4 is 5.32 Å². The van der Waals surface area contributed by atoms with Crippen LogP contribution >= 0.6 is 11.6 Å². The molecule has 2 N–H and O–H groups in total. The number of aromatic nitrogens is 1. The van der Waals surface area contributed by atoms with Crippen molar-refractivity contribution in [2.75, 3.05) is 25.6 Å². The van der Waals surface area contributed by atoms with E-state index in [1.54, 1.807) is 6.07 Å². The van der Waals surface area contributed by atoms with Crippen LogP contribution in [0.5, 0.6) is 0 Å². The van der Waals surface area contributed by atoms with Gasteiger partial charge in [0.2, 0.25) is 5.91 Å². The van der Waals surface area contributed by atoms with Gasteiger partial charge in [0, 0.05) is 31.5 Å². The van der Waals surface area contributed by atoms with E-state index in [1.807, 2.05) is 0 Å². The Balaban J connectivity index is 1.61. The third-order valence-corrected chi connectivity index (χ3v) is 6.03. The summed E-state index contributed by atoms with van der Waals surface area (Å²) in [7, 11) is 1.25. The van der Waals surface area contributed by atoms with E-state index in [1.165, 1.54) is 43.4 Å². The van der Waals surface area contributed by atoms with E-state index in [9.17, 15) is 27.2 Å². The lowest BCUT2D eigenvalue weighted by molar-refractivity contribution is -0.136. The highest BCUT2D eigenvalue weighted by atomic mass is 35.5. The van der Waals surface area contributed by atoms with Gasteiger partial charge < -0.3 is 19.3 Å². The Morgan fingerprint density at radius 2 is 1.95 bits per heavy atom. The number of carbonyl (C=O) groups is 2. The molecule has 0 spiro atoms. The zero-order valence-electron chi connectivity index (χ0n) is 20.1. The molecule has 2 amide bonds. The van der Waals surface area contributed by atoms with E-state index in [-0.39, 0.29) is 29.4 Å². The minimum Gasteiger partial charge on any atom is -0.447 e. The molecule has 1 aromatic heterocycles. The number of rotatable bonds is 11. The molecule has 0 unspecified atom stereocenters. The predicted octanol–water partition coefficient (Wildman–Crippen LogP) is 5.30. The van der Waals surface area contributed by atoms with Gasteiger partial charge in [-0.15, -0.1) is 0 Å². The monoisotopic (exact) mass is 557 g/mol. The summed E-state index contributed by atoms with van der Waals surface area (Å²) >= 11 is 5.90. The van der Waals surface area contributed by atoms with Gasteiger partial charge in [-0.25, -0.2) is 22.4 Å². The minimum absolute atomic E-state index is 0.0457. The quantitative estimate of drug-likeness (QED) is 0.310. The third kappa shape index (κ3) is 7.93. The first kappa shape index (κ1) is 28.9. The van der Waals surface area contributed by atoms with Crippen molar-refractivity contribution in [3.05, 3.63) is 70.8 Å². The first-order valence-corrected chi connectivity index (χ1v) is 11.7. The molecule has 0 aliphatic heterocycles. The van der Waals surface area contributed by atoms with Crippen molar-refractivity contribution in [1.82, 2.24) is 10.1 Å². The summed E-state index contributed by atoms with van der Waals surface area (Å²) in [5, 5.41) is 14.7. The molecule has 0 aliphatic rings. The van der Waals surface area contributed by atoms with Crippen LogP contribution in [-0.2, 0) is 16.0 Å². The minimum atomic E-state index is -3.56. The van der Waals surface area contributed by atoms with Crippen LogP contribution in [-0.4, -0.2) is 59.4 Å². The molecule has 0 aliphatic carbocycles. The molecule has 38 heavy (non-hydrogen) atoms. The number of likely N-dealkylation sites (N-methyl/N-ethyl adjacent to an activating group) is 1. The van der Waals surface area contributed by atoms with Crippen LogP contribution in [0, 0.1) is 11.6 Å². The summed E-state index contributed by atoms with van der Waals surface area (Å²) in [6.45, 7) is -2.11. The molecule has 13 heteroatoms. The second kappa shape index (κ2) is 12.7. The van der Waals surface area contributed by atoms with E-state index in [4.69, 9.17) is 26.0 Å². The van der Waals surface area contributed by atoms with Gasteiger partial charge in [0.15, 0.2) is 11.6 Å². The number of hydrogen-bond acceptors (Lipinski definition) is 6. The Bertz CT molecular complexity index is 1270. The summed E-state index contributed by atoms with van der Waals surface area (Å²) in [4.78, 5) is 25.9. The van der Waals surface area contributed by atoms with Gasteiger partial charge in [-0.1, -0.05) is 41.0 Å². The lowest BCUT2D eigenvalue weighted by atomic mass is 10.1. The van der Waals surface area contributed by atoms with Crippen LogP contribution in [0.15, 0.2) is 53.1 Å². The molecule has 3 aromatic rings. The summed E-state index contributed by atoms with van der Waals surface area (Å²) in [6, 6.07) is 9.59. The summed E-state index contributed by atoms with van der Waals surface area (Å²) in [5.74, 6) is -5.23. The normalized spacial score (nSPS) is 12.2. The molecule has 1 heterocycles. The molecule has 1 atom stereocenters. The molecule has 0 saturated carbocycles. The number of anilines is 1. The number of aliphatic hydroxyl groups excluding tert-OH is 1. The van der Waals surface area contributed by atoms with Crippen molar-refractivity contribution in [1.29, 1.82) is 0 Å². The first-order chi connectivity index (χ1) is 18.0. The molecular formula is C25H24ClF4N3O5. The maximum absolute atomic E-state index is 14.0. The Hall–Kier alpha value is -3.64. The number of aryl methyl sites for hydroxylation is 1. The van der Waals surface area contributed by atoms with E-state index < -0.39 is 55.2 Å². The number of aliphatic hydroxyl groups is 1. The Labute approximate surface area is 220 Å². The van der Waals surface area contributed by atoms with Gasteiger partial charge >= 0.3 is 6.09 Å². The largest absolute Gasteiger partial charge is 0.447 e. The zero-order valence-corrected chi connectivity index (χ0v) is 20.9. The second-order valence-electron chi connectivity index (χ2n) is 8.40. The van der Waals surface area contributed by atoms with Gasteiger partial charge in [-0.05, 0) is 30.2 Å². The predicted molar refractivity (Wildman–Crippen MR) is 130 cm³/mol. The first-order valence-electron chi connectivity index (χ1n) is 11.3. The smallest absolute Gasteiger partial charge is 0.412 e. The van der Waals surface area contributed by atoms with Crippen LogP contribution in [0.3, 0.4) is 0 Å². The standard InChI is InChI=1S/C25H24ClF4N3O5/c1-33(22(35)9-8-15-4-3-7-19(28)23(15)26)18(12-25(29,30)14-34)13-37-24(36)31-21-11-20(38-32-21)16-5-2-6-17(27)10-16/h2-7,10-11,18,34H,8-9,12-14H2,1H3,(H,31,32,36)/t18-/m0/s1. The molecule has 204 valence electrons. The molecular weight excluding hydrogens is 534 g/mol. The van der Waals surface area contributed by atoms with E-state index in [0.717, 1.165) is 11.0 Å². The second-order valence-corrected chi connectivity index (χ2v) is 8.78. The molecule has 0 radical (unpaired) electrons. The summed E-state index contributed by atoms with van der Waals surface area (Å²) in [5.41, 5.74) is 0.733. The number of ether oxygens (including phenoxy) is 1. The number of nitrogens with zero attached hydrogens (tertiary/aromatic N) is 2. The lowest BCUT2D eigenvalue weighted by Crippen LogP contribution is -2.45. The van der Waals surface area contributed by atoms with Gasteiger partial charge in [0.25, 0.3) is 5.92 Å². The highest BCUT2D eigenvalue weighted by molar-refractivity contribution is 6.31. The van der Waals surface area contributed by atoms with Crippen molar-refractivity contribution >= 4 is 29.4 Å². The molecule has 3 rings (SSSR count). The molecule has 8 nitrogen and oxygen atoms in total. The Kier molecular flexibility index (Phi) is 9.70. The number of amides is 2. The Morgan fingerprint density at radius 1 is 1.21 bits per heavy atom. The number of nitrogens with one attached hydrogen (secondary N) is 1. The summed E-state index contributed by atoms with van der Waals surface area (Å²) < 4.78 is 65.1. The van der Waals surface area contributed by atoms with E-state index in [0.29, 0.717) is 11.1 Å². The number of benzene rings is 2. The number of alkyl halides is 2. The van der Waals surface area contributed by atoms with Crippen LogP contribution in [0.2, 0.25) is 5.02 Å². The molecule has 0 saturated heterocycles. The highest BCUT2D eigenvalue weighted by Crippen LogP contribution is 2.25. The number of carbonyl (C=O) groups excluding carboxylic acids is 2. The average Bonchev–Trinajstić information content (AvgIpc) is 3.35. The van der Waals surface area contributed by atoms with Crippen molar-refractivity contribution in [3.8, 4) is 11.3 Å². The van der Waals surface area contributed by atoms with Crippen LogP contribution in [0.4, 0.5) is 28.2 Å². The maximum atomic E-state index is 14.0.